The molecule has 0 saturated carbocycles. The number of nitrogens with one attached hydrogen (secondary N) is 1. The van der Waals surface area contributed by atoms with Gasteiger partial charge in [-0.1, -0.05) is 52.0 Å². The molecule has 0 radical (unpaired) electrons. The highest BCUT2D eigenvalue weighted by Gasteiger charge is 2.24. The minimum atomic E-state index is -4.26. The van der Waals surface area contributed by atoms with Crippen LogP contribution in [-0.4, -0.2) is 30.9 Å². The molecule has 0 aliphatic rings. The van der Waals surface area contributed by atoms with Gasteiger partial charge in [-0.3, -0.25) is 4.72 Å². The molecule has 0 bridgehead atoms. The van der Waals surface area contributed by atoms with E-state index in [-0.39, 0.29) is 22.5 Å². The maximum atomic E-state index is 13.5. The second-order valence-electron chi connectivity index (χ2n) is 9.00. The van der Waals surface area contributed by atoms with Crippen LogP contribution < -0.4 is 18.9 Å². The third kappa shape index (κ3) is 5.45. The summed E-state index contributed by atoms with van der Waals surface area (Å²) in [6.07, 6.45) is 0. The lowest BCUT2D eigenvalue weighted by Gasteiger charge is -2.21. The molecule has 0 fully saturated rings. The normalized spacial score (nSPS) is 12.4. The molecular formula is C24H31N3O5S2. The van der Waals surface area contributed by atoms with E-state index in [4.69, 9.17) is 9.32 Å². The number of hydrogen-bond acceptors (Lipinski definition) is 6. The first-order valence-corrected chi connectivity index (χ1v) is 13.8. The van der Waals surface area contributed by atoms with Gasteiger partial charge in [0.05, 0.1) is 4.90 Å². The van der Waals surface area contributed by atoms with Crippen molar-refractivity contribution >= 4 is 42.5 Å². The third-order valence-corrected chi connectivity index (χ3v) is 7.31. The van der Waals surface area contributed by atoms with Crippen LogP contribution in [0.25, 0.3) is 10.8 Å². The zero-order chi connectivity index (χ0) is 25.4. The number of sulfonamides is 1. The van der Waals surface area contributed by atoms with Crippen molar-refractivity contribution in [3.63, 3.8) is 0 Å². The van der Waals surface area contributed by atoms with Crippen molar-refractivity contribution in [1.82, 2.24) is 0 Å². The van der Waals surface area contributed by atoms with E-state index >= 15 is 0 Å². The number of nitrogens with zero attached hydrogens (tertiary/aromatic N) is 1. The topological polar surface area (TPSA) is 119 Å². The molecule has 34 heavy (non-hydrogen) atoms. The predicted octanol–water partition coefficient (Wildman–Crippen LogP) is 4.54. The maximum absolute atomic E-state index is 13.5. The van der Waals surface area contributed by atoms with Crippen LogP contribution in [0.1, 0.15) is 50.7 Å². The van der Waals surface area contributed by atoms with Gasteiger partial charge in [-0.15, -0.1) is 0 Å². The zero-order valence-electron chi connectivity index (χ0n) is 20.2. The van der Waals surface area contributed by atoms with Crippen LogP contribution >= 0.6 is 0 Å². The summed E-state index contributed by atoms with van der Waals surface area (Å²) in [6.45, 7) is 7.45. The summed E-state index contributed by atoms with van der Waals surface area (Å²) in [5.41, 5.74) is 2.29. The molecule has 0 atom stereocenters. The molecule has 3 rings (SSSR count). The molecule has 3 aromatic rings. The van der Waals surface area contributed by atoms with Gasteiger partial charge in [-0.05, 0) is 36.1 Å². The largest absolute Gasteiger partial charge is 0.380 e. The van der Waals surface area contributed by atoms with Crippen molar-refractivity contribution < 1.29 is 21.0 Å². The average Bonchev–Trinajstić information content (AvgIpc) is 2.71. The van der Waals surface area contributed by atoms with Gasteiger partial charge in [0.25, 0.3) is 10.0 Å². The van der Waals surface area contributed by atoms with Crippen molar-refractivity contribution in [3.05, 3.63) is 59.7 Å². The lowest BCUT2D eigenvalue weighted by Crippen LogP contribution is -2.21. The highest BCUT2D eigenvalue weighted by molar-refractivity contribution is 7.93. The SMILES string of the molecule is CC(C)c1cc(NS(=O)(=O)c2cccc3c(N(C)C)cccc23)cc(C(C)C)c1OS(N)(=O)=O. The number of hydrogen-bond donors (Lipinski definition) is 2. The van der Waals surface area contributed by atoms with E-state index in [0.29, 0.717) is 22.2 Å². The molecule has 8 nitrogen and oxygen atoms in total. The Morgan fingerprint density at radius 2 is 1.38 bits per heavy atom. The van der Waals surface area contributed by atoms with Crippen molar-refractivity contribution in [2.24, 2.45) is 5.14 Å². The Kier molecular flexibility index (Phi) is 7.16. The predicted molar refractivity (Wildman–Crippen MR) is 137 cm³/mol. The van der Waals surface area contributed by atoms with Gasteiger partial charge in [0.1, 0.15) is 0 Å². The molecule has 0 aromatic heterocycles. The third-order valence-electron chi connectivity index (χ3n) is 5.47. The Bertz CT molecular complexity index is 1400. The fourth-order valence-electron chi connectivity index (χ4n) is 3.90. The van der Waals surface area contributed by atoms with Crippen molar-refractivity contribution in [2.75, 3.05) is 23.7 Å². The summed E-state index contributed by atoms with van der Waals surface area (Å²) in [5, 5.41) is 6.56. The lowest BCUT2D eigenvalue weighted by molar-refractivity contribution is 0.477. The number of nitrogens with two attached hydrogens (primary N) is 1. The van der Waals surface area contributed by atoms with Gasteiger partial charge >= 0.3 is 10.3 Å². The van der Waals surface area contributed by atoms with Crippen LogP contribution in [0.15, 0.2) is 53.4 Å². The Hall–Kier alpha value is -2.82. The van der Waals surface area contributed by atoms with E-state index < -0.39 is 20.3 Å². The molecule has 0 heterocycles. The maximum Gasteiger partial charge on any atom is 0.380 e. The van der Waals surface area contributed by atoms with Gasteiger partial charge in [0.2, 0.25) is 0 Å². The second-order valence-corrected chi connectivity index (χ2v) is 11.8. The summed E-state index contributed by atoms with van der Waals surface area (Å²) in [5.74, 6) is -0.172. The van der Waals surface area contributed by atoms with Crippen LogP contribution in [0.3, 0.4) is 0 Å². The molecule has 0 unspecified atom stereocenters. The van der Waals surface area contributed by atoms with Crippen molar-refractivity contribution in [1.29, 1.82) is 0 Å². The second kappa shape index (κ2) is 9.44. The van der Waals surface area contributed by atoms with E-state index in [9.17, 15) is 16.8 Å². The number of benzene rings is 3. The molecule has 0 saturated heterocycles. The number of anilines is 2. The molecule has 0 aliphatic carbocycles. The quantitative estimate of drug-likeness (QED) is 0.464. The first-order chi connectivity index (χ1) is 15.7. The van der Waals surface area contributed by atoms with Gasteiger partial charge in [-0.25, -0.2) is 8.42 Å². The molecule has 10 heteroatoms. The summed E-state index contributed by atoms with van der Waals surface area (Å²) in [6, 6.07) is 13.9. The molecule has 184 valence electrons. The smallest absolute Gasteiger partial charge is 0.377 e. The Labute approximate surface area is 202 Å². The van der Waals surface area contributed by atoms with E-state index in [1.165, 1.54) is 0 Å². The minimum absolute atomic E-state index is 0.135. The van der Waals surface area contributed by atoms with Gasteiger partial charge in [-0.2, -0.15) is 13.6 Å². The first kappa shape index (κ1) is 25.8. The van der Waals surface area contributed by atoms with Crippen molar-refractivity contribution in [2.45, 2.75) is 44.4 Å². The van der Waals surface area contributed by atoms with E-state index in [2.05, 4.69) is 4.72 Å². The van der Waals surface area contributed by atoms with Crippen LogP contribution in [0.2, 0.25) is 0 Å². The average molecular weight is 506 g/mol. The van der Waals surface area contributed by atoms with E-state index in [1.54, 1.807) is 30.3 Å². The van der Waals surface area contributed by atoms with Crippen LogP contribution in [0, 0.1) is 0 Å². The molecule has 0 aliphatic heterocycles. The molecule has 0 amide bonds. The molecular weight excluding hydrogens is 474 g/mol. The minimum Gasteiger partial charge on any atom is -0.377 e. The first-order valence-electron chi connectivity index (χ1n) is 10.8. The molecule has 0 spiro atoms. The summed E-state index contributed by atoms with van der Waals surface area (Å²) in [4.78, 5) is 2.08. The molecule has 3 aromatic carbocycles. The van der Waals surface area contributed by atoms with E-state index in [1.807, 2.05) is 64.9 Å². The summed E-state index contributed by atoms with van der Waals surface area (Å²) >= 11 is 0. The fourth-order valence-corrected chi connectivity index (χ4v) is 5.59. The number of rotatable bonds is 8. The van der Waals surface area contributed by atoms with Crippen molar-refractivity contribution in [3.8, 4) is 5.75 Å². The van der Waals surface area contributed by atoms with Gasteiger partial charge in [0, 0.05) is 47.4 Å². The Balaban J connectivity index is 2.17. The zero-order valence-corrected chi connectivity index (χ0v) is 21.8. The van der Waals surface area contributed by atoms with Crippen LogP contribution in [0.4, 0.5) is 11.4 Å². The fraction of sp³-hybridized carbons (Fsp3) is 0.333. The monoisotopic (exact) mass is 505 g/mol. The Morgan fingerprint density at radius 3 is 1.88 bits per heavy atom. The standard InChI is InChI=1S/C24H31N3O5S2/c1-15(2)20-13-17(14-21(16(3)4)24(20)32-34(25,30)31)26-33(28,29)23-12-8-9-18-19(23)10-7-11-22(18)27(5)6/h7-16,26H,1-6H3,(H2,25,30,31). The van der Waals surface area contributed by atoms with Gasteiger partial charge in [0.15, 0.2) is 5.75 Å². The van der Waals surface area contributed by atoms with Crippen LogP contribution in [0.5, 0.6) is 5.75 Å². The number of fused-ring (bicyclic) bond motifs is 1. The summed E-state index contributed by atoms with van der Waals surface area (Å²) in [7, 11) is -4.42. The van der Waals surface area contributed by atoms with Crippen LogP contribution in [-0.2, 0) is 20.3 Å². The summed E-state index contributed by atoms with van der Waals surface area (Å²) < 4.78 is 58.2. The Morgan fingerprint density at radius 1 is 0.853 bits per heavy atom. The molecule has 3 N–H and O–H groups in total. The highest BCUT2D eigenvalue weighted by atomic mass is 32.2. The van der Waals surface area contributed by atoms with Gasteiger partial charge < -0.3 is 9.08 Å². The van der Waals surface area contributed by atoms with E-state index in [0.717, 1.165) is 11.1 Å². The lowest BCUT2D eigenvalue weighted by atomic mass is 9.93. The highest BCUT2D eigenvalue weighted by Crippen LogP contribution is 2.39.